The highest BCUT2D eigenvalue weighted by Gasteiger charge is 2.23. The van der Waals surface area contributed by atoms with Gasteiger partial charge in [0.05, 0.1) is 17.1 Å². The summed E-state index contributed by atoms with van der Waals surface area (Å²) in [6.45, 7) is 11.9. The van der Waals surface area contributed by atoms with Crippen molar-refractivity contribution in [2.24, 2.45) is 0 Å². The maximum atomic E-state index is 13.9. The van der Waals surface area contributed by atoms with Crippen molar-refractivity contribution in [2.75, 3.05) is 11.9 Å². The van der Waals surface area contributed by atoms with E-state index in [0.29, 0.717) is 30.5 Å². The number of para-hydroxylation sites is 1. The molecule has 0 spiro atoms. The van der Waals surface area contributed by atoms with Gasteiger partial charge in [0.25, 0.3) is 5.56 Å². The van der Waals surface area contributed by atoms with E-state index < -0.39 is 14.1 Å². The summed E-state index contributed by atoms with van der Waals surface area (Å²) in [5.41, 5.74) is 4.51. The fourth-order valence-corrected chi connectivity index (χ4v) is 6.10. The fraction of sp³-hybridized carbons (Fsp3) is 0.273. The van der Waals surface area contributed by atoms with E-state index in [1.54, 1.807) is 21.2 Å². The van der Waals surface area contributed by atoms with Gasteiger partial charge >= 0.3 is 0 Å². The molecular weight excluding hydrogens is 570 g/mol. The van der Waals surface area contributed by atoms with Crippen molar-refractivity contribution in [1.29, 1.82) is 0 Å². The fourth-order valence-electron chi connectivity index (χ4n) is 5.34. The minimum Gasteiger partial charge on any atom is -0.508 e. The summed E-state index contributed by atoms with van der Waals surface area (Å²) >= 11 is 0. The molecule has 0 aliphatic carbocycles. The van der Waals surface area contributed by atoms with Crippen LogP contribution in [0.25, 0.3) is 33.4 Å². The number of nitrogens with one attached hydrogen (secondary N) is 1. The van der Waals surface area contributed by atoms with Gasteiger partial charge in [0.2, 0.25) is 0 Å². The summed E-state index contributed by atoms with van der Waals surface area (Å²) in [5, 5.41) is 19.2. The predicted octanol–water partition coefficient (Wildman–Crippen LogP) is 6.40. The number of aromatic hydroxyl groups is 1. The highest BCUT2D eigenvalue weighted by molar-refractivity contribution is 6.76. The van der Waals surface area contributed by atoms with Gasteiger partial charge in [-0.15, -0.1) is 0 Å². The molecule has 0 aliphatic rings. The van der Waals surface area contributed by atoms with Gasteiger partial charge in [-0.3, -0.25) is 9.36 Å². The highest BCUT2D eigenvalue weighted by atomic mass is 28.3. The average molecular weight is 608 g/mol. The number of phenolic OH excluding ortho intramolecular Hbond substituents is 1. The number of benzene rings is 2. The largest absolute Gasteiger partial charge is 0.508 e. The lowest BCUT2D eigenvalue weighted by molar-refractivity contribution is 0.0899. The van der Waals surface area contributed by atoms with Crippen LogP contribution in [0.3, 0.4) is 0 Å². The number of aryl methyl sites for hydroxylation is 1. The second-order valence-electron chi connectivity index (χ2n) is 12.3. The van der Waals surface area contributed by atoms with Crippen LogP contribution < -0.4 is 10.9 Å². The summed E-state index contributed by atoms with van der Waals surface area (Å²) in [7, 11) is -1.24. The van der Waals surface area contributed by atoms with Crippen LogP contribution in [-0.4, -0.2) is 48.5 Å². The van der Waals surface area contributed by atoms with E-state index >= 15 is 0 Å². The van der Waals surface area contributed by atoms with E-state index in [4.69, 9.17) is 9.84 Å². The number of nitrogens with zero attached hydrogens (tertiary/aromatic N) is 6. The molecule has 0 amide bonds. The zero-order valence-corrected chi connectivity index (χ0v) is 26.7. The Labute approximate surface area is 256 Å². The number of phenols is 1. The van der Waals surface area contributed by atoms with E-state index in [0.717, 1.165) is 39.5 Å². The van der Waals surface area contributed by atoms with Crippen molar-refractivity contribution in [1.82, 2.24) is 28.7 Å². The Bertz CT molecular complexity index is 1990. The van der Waals surface area contributed by atoms with Crippen molar-refractivity contribution >= 4 is 30.4 Å². The van der Waals surface area contributed by atoms with Crippen LogP contribution in [0.4, 0.5) is 5.82 Å². The lowest BCUT2D eigenvalue weighted by Gasteiger charge is -2.20. The number of hydrogen-bond donors (Lipinski definition) is 2. The first-order chi connectivity index (χ1) is 21.1. The Hall–Kier alpha value is -4.74. The Morgan fingerprint density at radius 3 is 2.50 bits per heavy atom. The van der Waals surface area contributed by atoms with Crippen LogP contribution in [0, 0.1) is 6.92 Å². The lowest BCUT2D eigenvalue weighted by Crippen LogP contribution is -2.29. The Morgan fingerprint density at radius 2 is 1.77 bits per heavy atom. The summed E-state index contributed by atoms with van der Waals surface area (Å²) in [4.78, 5) is 23.2. The normalized spacial score (nSPS) is 12.7. The van der Waals surface area contributed by atoms with Crippen LogP contribution in [-0.2, 0) is 11.5 Å². The molecule has 0 unspecified atom stereocenters. The second kappa shape index (κ2) is 11.7. The Kier molecular flexibility index (Phi) is 7.83. The standard InChI is InChI=1S/C33H37N7O3Si/c1-22-15-16-39-29(22)33(42)40(25-9-7-6-8-10-25)31(37-39)23(2)36-30-28-27(24-11-13-26(41)14-12-24)19-38(32(28)35-20-34-30)21-43-17-18-44(3,4)5/h6-16,19-20,23,41H,17-18,21H2,1-5H3,(H,34,35,36)/t23-/m0/s1. The topological polar surface area (TPSA) is 112 Å². The van der Waals surface area contributed by atoms with Crippen molar-refractivity contribution < 1.29 is 9.84 Å². The van der Waals surface area contributed by atoms with Crippen molar-refractivity contribution in [2.45, 2.75) is 52.3 Å². The second-order valence-corrected chi connectivity index (χ2v) is 17.9. The van der Waals surface area contributed by atoms with Gasteiger partial charge in [-0.05, 0) is 61.4 Å². The van der Waals surface area contributed by atoms with Gasteiger partial charge in [-0.25, -0.2) is 14.5 Å². The minimum absolute atomic E-state index is 0.142. The molecule has 6 aromatic rings. The summed E-state index contributed by atoms with van der Waals surface area (Å²) < 4.78 is 11.4. The third-order valence-electron chi connectivity index (χ3n) is 7.73. The first kappa shape index (κ1) is 29.3. The first-order valence-electron chi connectivity index (χ1n) is 14.7. The van der Waals surface area contributed by atoms with Crippen molar-refractivity contribution in [3.05, 3.63) is 101 Å². The molecule has 44 heavy (non-hydrogen) atoms. The molecular formula is C33H37N7O3Si. The number of fused-ring (bicyclic) bond motifs is 2. The van der Waals surface area contributed by atoms with Gasteiger partial charge in [0.1, 0.15) is 35.8 Å². The number of anilines is 1. The number of aromatic nitrogens is 6. The maximum Gasteiger partial charge on any atom is 0.282 e. The molecule has 11 heteroatoms. The van der Waals surface area contributed by atoms with Crippen molar-refractivity contribution in [3.8, 4) is 22.6 Å². The molecule has 1 atom stereocenters. The monoisotopic (exact) mass is 607 g/mol. The molecule has 0 bridgehead atoms. The van der Waals surface area contributed by atoms with Crippen LogP contribution in [0.1, 0.15) is 24.4 Å². The first-order valence-corrected chi connectivity index (χ1v) is 18.5. The molecule has 10 nitrogen and oxygen atoms in total. The molecule has 2 aromatic carbocycles. The summed E-state index contributed by atoms with van der Waals surface area (Å²) in [6, 6.07) is 19.2. The number of ether oxygens (including phenoxy) is 1. The Balaban J connectivity index is 1.44. The Morgan fingerprint density at radius 1 is 1.02 bits per heavy atom. The average Bonchev–Trinajstić information content (AvgIpc) is 3.56. The van der Waals surface area contributed by atoms with Crippen LogP contribution in [0.15, 0.2) is 84.2 Å². The van der Waals surface area contributed by atoms with Crippen LogP contribution in [0.2, 0.25) is 25.7 Å². The smallest absolute Gasteiger partial charge is 0.282 e. The van der Waals surface area contributed by atoms with Gasteiger partial charge in [0, 0.05) is 32.6 Å². The quantitative estimate of drug-likeness (QED) is 0.137. The summed E-state index contributed by atoms with van der Waals surface area (Å²) in [5.74, 6) is 1.33. The molecule has 0 fully saturated rings. The van der Waals surface area contributed by atoms with Gasteiger partial charge in [-0.2, -0.15) is 5.10 Å². The third-order valence-corrected chi connectivity index (χ3v) is 9.43. The molecule has 6 rings (SSSR count). The lowest BCUT2D eigenvalue weighted by atomic mass is 10.1. The zero-order valence-electron chi connectivity index (χ0n) is 25.7. The van der Waals surface area contributed by atoms with Gasteiger partial charge in [-0.1, -0.05) is 50.0 Å². The predicted molar refractivity (Wildman–Crippen MR) is 176 cm³/mol. The van der Waals surface area contributed by atoms with E-state index in [9.17, 15) is 9.90 Å². The van der Waals surface area contributed by atoms with Crippen LogP contribution >= 0.6 is 0 Å². The van der Waals surface area contributed by atoms with Gasteiger partial charge in [0.15, 0.2) is 5.82 Å². The molecule has 226 valence electrons. The van der Waals surface area contributed by atoms with Gasteiger partial charge < -0.3 is 19.7 Å². The van der Waals surface area contributed by atoms with E-state index in [-0.39, 0.29) is 11.3 Å². The highest BCUT2D eigenvalue weighted by Crippen LogP contribution is 2.36. The molecule has 4 aromatic heterocycles. The third kappa shape index (κ3) is 5.75. The minimum atomic E-state index is -1.24. The molecule has 4 heterocycles. The maximum absolute atomic E-state index is 13.9. The zero-order chi connectivity index (χ0) is 31.0. The molecule has 2 N–H and O–H groups in total. The van der Waals surface area contributed by atoms with Crippen molar-refractivity contribution in [3.63, 3.8) is 0 Å². The molecule has 0 radical (unpaired) electrons. The molecule has 0 aliphatic heterocycles. The van der Waals surface area contributed by atoms with E-state index in [2.05, 4.69) is 34.9 Å². The van der Waals surface area contributed by atoms with E-state index in [1.807, 2.05) is 79.3 Å². The SMILES string of the molecule is Cc1ccn2nc([C@H](C)Nc3ncnc4c3c(-c3ccc(O)cc3)cn4COCC[Si](C)(C)C)n(-c3ccccc3)c(=O)c12. The van der Waals surface area contributed by atoms with Crippen LogP contribution in [0.5, 0.6) is 5.75 Å². The molecule has 0 saturated carbocycles. The number of rotatable bonds is 10. The molecule has 0 saturated heterocycles. The number of hydrogen-bond acceptors (Lipinski definition) is 7. The van der Waals surface area contributed by atoms with E-state index in [1.165, 1.54) is 6.33 Å². The summed E-state index contributed by atoms with van der Waals surface area (Å²) in [6.07, 6.45) is 5.36.